The van der Waals surface area contributed by atoms with E-state index in [9.17, 15) is 14.7 Å². The maximum atomic E-state index is 11.9. The van der Waals surface area contributed by atoms with Gasteiger partial charge in [0.2, 0.25) is 11.8 Å². The van der Waals surface area contributed by atoms with Crippen LogP contribution in [0.15, 0.2) is 0 Å². The average Bonchev–Trinajstić information content (AvgIpc) is 3.10. The number of carbonyl (C=O) groups excluding carboxylic acids is 2. The van der Waals surface area contributed by atoms with Crippen LogP contribution in [0.5, 0.6) is 0 Å². The van der Waals surface area contributed by atoms with E-state index in [2.05, 4.69) is 5.32 Å². The minimum absolute atomic E-state index is 0.0795. The summed E-state index contributed by atoms with van der Waals surface area (Å²) in [7, 11) is 1.64. The summed E-state index contributed by atoms with van der Waals surface area (Å²) in [6.45, 7) is 3.40. The summed E-state index contributed by atoms with van der Waals surface area (Å²) in [5.41, 5.74) is -0.623. The highest BCUT2D eigenvalue weighted by molar-refractivity contribution is 5.85. The van der Waals surface area contributed by atoms with Gasteiger partial charge >= 0.3 is 0 Å². The second-order valence-corrected chi connectivity index (χ2v) is 5.81. The SMILES string of the molecule is CCC1(O)CN(CC(=O)N(C)CC(=O)NC2CC2)C1. The van der Waals surface area contributed by atoms with E-state index in [0.717, 1.165) is 12.8 Å². The Morgan fingerprint density at radius 2 is 2.05 bits per heavy atom. The first-order valence-electron chi connectivity index (χ1n) is 6.90. The van der Waals surface area contributed by atoms with Crippen LogP contribution >= 0.6 is 0 Å². The van der Waals surface area contributed by atoms with Crippen LogP contribution in [0.1, 0.15) is 26.2 Å². The number of amides is 2. The molecule has 1 saturated heterocycles. The minimum Gasteiger partial charge on any atom is -0.387 e. The van der Waals surface area contributed by atoms with Gasteiger partial charge in [-0.15, -0.1) is 0 Å². The molecule has 0 aromatic rings. The van der Waals surface area contributed by atoms with Gasteiger partial charge in [0, 0.05) is 26.2 Å². The van der Waals surface area contributed by atoms with Crippen molar-refractivity contribution in [3.05, 3.63) is 0 Å². The largest absolute Gasteiger partial charge is 0.387 e. The molecule has 2 rings (SSSR count). The summed E-state index contributed by atoms with van der Waals surface area (Å²) in [5.74, 6) is -0.170. The van der Waals surface area contributed by atoms with Gasteiger partial charge in [0.05, 0.1) is 18.7 Å². The van der Waals surface area contributed by atoms with E-state index in [1.54, 1.807) is 7.05 Å². The van der Waals surface area contributed by atoms with E-state index in [1.165, 1.54) is 4.90 Å². The normalized spacial score (nSPS) is 21.6. The van der Waals surface area contributed by atoms with Crippen molar-refractivity contribution in [2.45, 2.75) is 37.8 Å². The van der Waals surface area contributed by atoms with Crippen LogP contribution in [0.4, 0.5) is 0 Å². The number of nitrogens with one attached hydrogen (secondary N) is 1. The molecule has 6 nitrogen and oxygen atoms in total. The molecule has 1 aliphatic heterocycles. The van der Waals surface area contributed by atoms with Crippen LogP contribution in [0.25, 0.3) is 0 Å². The Kier molecular flexibility index (Phi) is 4.10. The second-order valence-electron chi connectivity index (χ2n) is 5.81. The van der Waals surface area contributed by atoms with Crippen molar-refractivity contribution in [1.82, 2.24) is 15.1 Å². The summed E-state index contributed by atoms with van der Waals surface area (Å²) >= 11 is 0. The lowest BCUT2D eigenvalue weighted by atomic mass is 9.91. The Balaban J connectivity index is 1.66. The number of carbonyl (C=O) groups is 2. The summed E-state index contributed by atoms with van der Waals surface area (Å²) in [5, 5.41) is 12.7. The van der Waals surface area contributed by atoms with E-state index >= 15 is 0 Å². The van der Waals surface area contributed by atoms with Crippen LogP contribution in [-0.2, 0) is 9.59 Å². The maximum absolute atomic E-state index is 11.9. The van der Waals surface area contributed by atoms with Crippen molar-refractivity contribution < 1.29 is 14.7 Å². The van der Waals surface area contributed by atoms with Crippen LogP contribution in [0, 0.1) is 0 Å². The third kappa shape index (κ3) is 3.91. The number of hydrogen-bond acceptors (Lipinski definition) is 4. The molecular formula is C13H23N3O3. The zero-order valence-electron chi connectivity index (χ0n) is 11.7. The summed E-state index contributed by atoms with van der Waals surface area (Å²) in [4.78, 5) is 26.8. The topological polar surface area (TPSA) is 72.9 Å². The molecule has 19 heavy (non-hydrogen) atoms. The predicted octanol–water partition coefficient (Wildman–Crippen LogP) is -0.820. The van der Waals surface area contributed by atoms with Crippen molar-refractivity contribution in [1.29, 1.82) is 0 Å². The molecule has 0 unspecified atom stereocenters. The molecule has 0 radical (unpaired) electrons. The van der Waals surface area contributed by atoms with Crippen molar-refractivity contribution >= 4 is 11.8 Å². The molecule has 0 atom stereocenters. The molecule has 2 fully saturated rings. The lowest BCUT2D eigenvalue weighted by Crippen LogP contribution is -2.63. The molecule has 1 saturated carbocycles. The minimum atomic E-state index is -0.623. The van der Waals surface area contributed by atoms with Gasteiger partial charge < -0.3 is 15.3 Å². The lowest BCUT2D eigenvalue weighted by Gasteiger charge is -2.46. The summed E-state index contributed by atoms with van der Waals surface area (Å²) in [6, 6.07) is 0.325. The molecule has 1 aliphatic carbocycles. The quantitative estimate of drug-likeness (QED) is 0.661. The molecule has 0 bridgehead atoms. The van der Waals surface area contributed by atoms with Gasteiger partial charge in [0.1, 0.15) is 0 Å². The Bertz CT molecular complexity index is 362. The zero-order chi connectivity index (χ0) is 14.0. The van der Waals surface area contributed by atoms with Crippen molar-refractivity contribution in [2.24, 2.45) is 0 Å². The number of hydrogen-bond donors (Lipinski definition) is 2. The van der Waals surface area contributed by atoms with Gasteiger partial charge in [-0.3, -0.25) is 14.5 Å². The molecule has 0 aromatic carbocycles. The highest BCUT2D eigenvalue weighted by Gasteiger charge is 2.40. The number of aliphatic hydroxyl groups is 1. The van der Waals surface area contributed by atoms with Gasteiger partial charge in [-0.1, -0.05) is 6.92 Å². The van der Waals surface area contributed by atoms with Gasteiger partial charge in [-0.2, -0.15) is 0 Å². The molecule has 0 aromatic heterocycles. The number of β-amino-alcohol motifs (C(OH)–C–C–N with tert-alkyl or cyclic N) is 1. The highest BCUT2D eigenvalue weighted by Crippen LogP contribution is 2.23. The van der Waals surface area contributed by atoms with Crippen molar-refractivity contribution in [3.63, 3.8) is 0 Å². The van der Waals surface area contributed by atoms with Crippen LogP contribution < -0.4 is 5.32 Å². The van der Waals surface area contributed by atoms with Gasteiger partial charge in [-0.05, 0) is 19.3 Å². The highest BCUT2D eigenvalue weighted by atomic mass is 16.3. The summed E-state index contributed by atoms with van der Waals surface area (Å²) in [6.07, 6.45) is 2.80. The number of likely N-dealkylation sites (tertiary alicyclic amines) is 1. The fraction of sp³-hybridized carbons (Fsp3) is 0.846. The Hall–Kier alpha value is -1.14. The molecular weight excluding hydrogens is 246 g/mol. The Morgan fingerprint density at radius 1 is 1.42 bits per heavy atom. The molecule has 108 valence electrons. The predicted molar refractivity (Wildman–Crippen MR) is 70.5 cm³/mol. The smallest absolute Gasteiger partial charge is 0.239 e. The fourth-order valence-corrected chi connectivity index (χ4v) is 2.24. The average molecular weight is 269 g/mol. The fourth-order valence-electron chi connectivity index (χ4n) is 2.24. The first-order chi connectivity index (χ1) is 8.92. The lowest BCUT2D eigenvalue weighted by molar-refractivity contribution is -0.143. The van der Waals surface area contributed by atoms with Gasteiger partial charge in [-0.25, -0.2) is 0 Å². The van der Waals surface area contributed by atoms with Crippen molar-refractivity contribution in [2.75, 3.05) is 33.2 Å². The standard InChI is InChI=1S/C13H23N3O3/c1-3-13(19)8-16(9-13)7-12(18)15(2)6-11(17)14-10-4-5-10/h10,19H,3-9H2,1-2H3,(H,14,17). The first kappa shape index (κ1) is 14.3. The maximum Gasteiger partial charge on any atom is 0.239 e. The molecule has 1 heterocycles. The second kappa shape index (κ2) is 5.46. The Labute approximate surface area is 113 Å². The summed E-state index contributed by atoms with van der Waals surface area (Å²) < 4.78 is 0. The van der Waals surface area contributed by atoms with Gasteiger partial charge in [0.25, 0.3) is 0 Å². The third-order valence-electron chi connectivity index (χ3n) is 3.80. The van der Waals surface area contributed by atoms with E-state index in [0.29, 0.717) is 25.6 Å². The van der Waals surface area contributed by atoms with E-state index in [-0.39, 0.29) is 24.9 Å². The molecule has 6 heteroatoms. The van der Waals surface area contributed by atoms with E-state index < -0.39 is 5.60 Å². The number of nitrogens with zero attached hydrogens (tertiary/aromatic N) is 2. The molecule has 0 spiro atoms. The molecule has 2 N–H and O–H groups in total. The number of rotatable bonds is 6. The molecule has 2 aliphatic rings. The van der Waals surface area contributed by atoms with Crippen LogP contribution in [-0.4, -0.2) is 71.6 Å². The Morgan fingerprint density at radius 3 is 2.58 bits per heavy atom. The van der Waals surface area contributed by atoms with Gasteiger partial charge in [0.15, 0.2) is 0 Å². The monoisotopic (exact) mass is 269 g/mol. The van der Waals surface area contributed by atoms with Crippen molar-refractivity contribution in [3.8, 4) is 0 Å². The zero-order valence-corrected chi connectivity index (χ0v) is 11.7. The van der Waals surface area contributed by atoms with Crippen LogP contribution in [0.3, 0.4) is 0 Å². The van der Waals surface area contributed by atoms with E-state index in [1.807, 2.05) is 11.8 Å². The van der Waals surface area contributed by atoms with Crippen LogP contribution in [0.2, 0.25) is 0 Å². The first-order valence-corrected chi connectivity index (χ1v) is 6.90. The third-order valence-corrected chi connectivity index (χ3v) is 3.80. The molecule has 2 amide bonds. The number of likely N-dealkylation sites (N-methyl/N-ethyl adjacent to an activating group) is 1. The van der Waals surface area contributed by atoms with E-state index in [4.69, 9.17) is 0 Å².